The number of ether oxygens (including phenoxy) is 1. The molecule has 0 fully saturated rings. The average molecular weight is 284 g/mol. The summed E-state index contributed by atoms with van der Waals surface area (Å²) in [5, 5.41) is 1.88. The Morgan fingerprint density at radius 1 is 1.33 bits per heavy atom. The molecule has 1 amide bonds. The molecule has 0 unspecified atom stereocenters. The molecule has 0 radical (unpaired) electrons. The number of unbranched alkanes of at least 4 members (excludes halogenated alkanes) is 2. The van der Waals surface area contributed by atoms with E-state index in [1.807, 2.05) is 24.3 Å². The SMILES string of the molecule is C=C(C(N)=O)c1ccc2c(OCCCCC)nccc2c1. The van der Waals surface area contributed by atoms with Crippen molar-refractivity contribution in [1.29, 1.82) is 0 Å². The van der Waals surface area contributed by atoms with Crippen molar-refractivity contribution < 1.29 is 9.53 Å². The number of fused-ring (bicyclic) bond motifs is 1. The van der Waals surface area contributed by atoms with E-state index in [1.54, 1.807) is 6.20 Å². The first-order valence-corrected chi connectivity index (χ1v) is 7.14. The smallest absolute Gasteiger partial charge is 0.248 e. The van der Waals surface area contributed by atoms with Gasteiger partial charge in [0.25, 0.3) is 0 Å². The van der Waals surface area contributed by atoms with Gasteiger partial charge in [-0.1, -0.05) is 32.4 Å². The molecular formula is C17H20N2O2. The van der Waals surface area contributed by atoms with Gasteiger partial charge in [-0.2, -0.15) is 0 Å². The van der Waals surface area contributed by atoms with Crippen LogP contribution < -0.4 is 10.5 Å². The number of pyridine rings is 1. The van der Waals surface area contributed by atoms with Gasteiger partial charge < -0.3 is 10.5 Å². The van der Waals surface area contributed by atoms with Crippen LogP contribution in [0.1, 0.15) is 31.7 Å². The van der Waals surface area contributed by atoms with Crippen molar-refractivity contribution in [2.45, 2.75) is 26.2 Å². The van der Waals surface area contributed by atoms with E-state index in [9.17, 15) is 4.79 Å². The highest BCUT2D eigenvalue weighted by Crippen LogP contribution is 2.26. The Kier molecular flexibility index (Phi) is 4.93. The molecule has 1 heterocycles. The number of hydrogen-bond acceptors (Lipinski definition) is 3. The normalized spacial score (nSPS) is 10.5. The second-order valence-electron chi connectivity index (χ2n) is 4.95. The highest BCUT2D eigenvalue weighted by atomic mass is 16.5. The fraction of sp³-hybridized carbons (Fsp3) is 0.294. The van der Waals surface area contributed by atoms with Gasteiger partial charge in [0.05, 0.1) is 6.61 Å². The number of amides is 1. The van der Waals surface area contributed by atoms with E-state index in [1.165, 1.54) is 0 Å². The van der Waals surface area contributed by atoms with Gasteiger partial charge in [0, 0.05) is 17.2 Å². The Balaban J connectivity index is 2.25. The quantitative estimate of drug-likeness (QED) is 0.626. The Bertz CT molecular complexity index is 665. The van der Waals surface area contributed by atoms with Crippen LogP contribution in [-0.4, -0.2) is 17.5 Å². The molecule has 2 rings (SSSR count). The average Bonchev–Trinajstić information content (AvgIpc) is 2.50. The van der Waals surface area contributed by atoms with Gasteiger partial charge in [0.1, 0.15) is 0 Å². The first kappa shape index (κ1) is 15.0. The van der Waals surface area contributed by atoms with Gasteiger partial charge in [-0.25, -0.2) is 4.98 Å². The molecule has 0 aliphatic carbocycles. The number of carbonyl (C=O) groups is 1. The van der Waals surface area contributed by atoms with Crippen LogP contribution in [0.4, 0.5) is 0 Å². The lowest BCUT2D eigenvalue weighted by atomic mass is 10.0. The molecular weight excluding hydrogens is 264 g/mol. The molecule has 0 aliphatic rings. The third-order valence-corrected chi connectivity index (χ3v) is 3.36. The van der Waals surface area contributed by atoms with E-state index in [2.05, 4.69) is 18.5 Å². The molecule has 0 saturated carbocycles. The molecule has 0 atom stereocenters. The van der Waals surface area contributed by atoms with E-state index in [0.29, 0.717) is 18.1 Å². The number of nitrogens with two attached hydrogens (primary N) is 1. The predicted molar refractivity (Wildman–Crippen MR) is 85.0 cm³/mol. The summed E-state index contributed by atoms with van der Waals surface area (Å²) in [6.07, 6.45) is 5.03. The Morgan fingerprint density at radius 2 is 2.14 bits per heavy atom. The molecule has 0 bridgehead atoms. The topological polar surface area (TPSA) is 65.2 Å². The third-order valence-electron chi connectivity index (χ3n) is 3.36. The Morgan fingerprint density at radius 3 is 2.86 bits per heavy atom. The van der Waals surface area contributed by atoms with Crippen LogP contribution in [0.3, 0.4) is 0 Å². The minimum atomic E-state index is -0.514. The number of primary amides is 1. The van der Waals surface area contributed by atoms with E-state index >= 15 is 0 Å². The molecule has 0 saturated heterocycles. The zero-order valence-corrected chi connectivity index (χ0v) is 12.3. The summed E-state index contributed by atoms with van der Waals surface area (Å²) < 4.78 is 5.74. The van der Waals surface area contributed by atoms with Crippen molar-refractivity contribution >= 4 is 22.3 Å². The number of hydrogen-bond donors (Lipinski definition) is 1. The molecule has 2 N–H and O–H groups in total. The van der Waals surface area contributed by atoms with Crippen molar-refractivity contribution in [3.8, 4) is 5.88 Å². The van der Waals surface area contributed by atoms with Gasteiger partial charge in [0.2, 0.25) is 11.8 Å². The maximum Gasteiger partial charge on any atom is 0.248 e. The van der Waals surface area contributed by atoms with Gasteiger partial charge in [0.15, 0.2) is 0 Å². The number of rotatable bonds is 7. The second-order valence-corrected chi connectivity index (χ2v) is 4.95. The maximum absolute atomic E-state index is 11.2. The van der Waals surface area contributed by atoms with Crippen LogP contribution in [0, 0.1) is 0 Å². The maximum atomic E-state index is 11.2. The lowest BCUT2D eigenvalue weighted by Crippen LogP contribution is -2.11. The largest absolute Gasteiger partial charge is 0.477 e. The van der Waals surface area contributed by atoms with E-state index in [0.717, 1.165) is 35.6 Å². The predicted octanol–water partition coefficient (Wildman–Crippen LogP) is 3.30. The highest BCUT2D eigenvalue weighted by molar-refractivity contribution is 6.18. The van der Waals surface area contributed by atoms with Crippen LogP contribution >= 0.6 is 0 Å². The molecule has 1 aromatic heterocycles. The first-order valence-electron chi connectivity index (χ1n) is 7.14. The minimum absolute atomic E-state index is 0.305. The summed E-state index contributed by atoms with van der Waals surface area (Å²) in [6.45, 7) is 6.52. The van der Waals surface area contributed by atoms with E-state index < -0.39 is 5.91 Å². The van der Waals surface area contributed by atoms with Crippen molar-refractivity contribution in [2.24, 2.45) is 5.73 Å². The molecule has 110 valence electrons. The van der Waals surface area contributed by atoms with Crippen molar-refractivity contribution in [3.05, 3.63) is 42.6 Å². The zero-order valence-electron chi connectivity index (χ0n) is 12.3. The van der Waals surface area contributed by atoms with Gasteiger partial charge in [-0.15, -0.1) is 0 Å². The van der Waals surface area contributed by atoms with Crippen LogP contribution in [0.2, 0.25) is 0 Å². The zero-order chi connectivity index (χ0) is 15.2. The fourth-order valence-electron chi connectivity index (χ4n) is 2.12. The number of aromatic nitrogens is 1. The Hall–Kier alpha value is -2.36. The third kappa shape index (κ3) is 3.60. The first-order chi connectivity index (χ1) is 10.1. The lowest BCUT2D eigenvalue weighted by molar-refractivity contribution is -0.112. The molecule has 0 spiro atoms. The van der Waals surface area contributed by atoms with Crippen LogP contribution in [0.5, 0.6) is 5.88 Å². The molecule has 2 aromatic rings. The summed E-state index contributed by atoms with van der Waals surface area (Å²) in [4.78, 5) is 15.5. The van der Waals surface area contributed by atoms with Crippen LogP contribution in [0.25, 0.3) is 16.3 Å². The molecule has 21 heavy (non-hydrogen) atoms. The molecule has 0 aliphatic heterocycles. The summed E-state index contributed by atoms with van der Waals surface area (Å²) in [7, 11) is 0. The Labute approximate surface area is 124 Å². The highest BCUT2D eigenvalue weighted by Gasteiger charge is 2.08. The summed E-state index contributed by atoms with van der Waals surface area (Å²) in [5.41, 5.74) is 6.29. The minimum Gasteiger partial charge on any atom is -0.477 e. The second kappa shape index (κ2) is 6.88. The van der Waals surface area contributed by atoms with Gasteiger partial charge in [-0.3, -0.25) is 4.79 Å². The monoisotopic (exact) mass is 284 g/mol. The number of carbonyl (C=O) groups excluding carboxylic acids is 1. The fourth-order valence-corrected chi connectivity index (χ4v) is 2.12. The van der Waals surface area contributed by atoms with Crippen LogP contribution in [0.15, 0.2) is 37.0 Å². The van der Waals surface area contributed by atoms with E-state index in [4.69, 9.17) is 10.5 Å². The van der Waals surface area contributed by atoms with Crippen molar-refractivity contribution in [1.82, 2.24) is 4.98 Å². The van der Waals surface area contributed by atoms with Crippen LogP contribution in [-0.2, 0) is 4.79 Å². The van der Waals surface area contributed by atoms with Crippen molar-refractivity contribution in [3.63, 3.8) is 0 Å². The summed E-state index contributed by atoms with van der Waals surface area (Å²) >= 11 is 0. The van der Waals surface area contributed by atoms with Crippen molar-refractivity contribution in [2.75, 3.05) is 6.61 Å². The molecule has 4 heteroatoms. The molecule has 1 aromatic carbocycles. The van der Waals surface area contributed by atoms with Gasteiger partial charge in [-0.05, 0) is 35.6 Å². The standard InChI is InChI=1S/C17H20N2O2/c1-3-4-5-10-21-17-15-7-6-13(12(2)16(18)20)11-14(15)8-9-19-17/h6-9,11H,2-5,10H2,1H3,(H2,18,20). The molecule has 4 nitrogen and oxygen atoms in total. The summed E-state index contributed by atoms with van der Waals surface area (Å²) in [6, 6.07) is 7.46. The lowest BCUT2D eigenvalue weighted by Gasteiger charge is -2.09. The number of nitrogens with zero attached hydrogens (tertiary/aromatic N) is 1. The van der Waals surface area contributed by atoms with Gasteiger partial charge >= 0.3 is 0 Å². The van der Waals surface area contributed by atoms with E-state index in [-0.39, 0.29) is 0 Å². The summed E-state index contributed by atoms with van der Waals surface area (Å²) in [5.74, 6) is 0.110. The number of benzene rings is 1.